The summed E-state index contributed by atoms with van der Waals surface area (Å²) in [5, 5.41) is 28.8. The standard InChI is InChI=1S/C58H32/c1-3-13-47-43(11-1)45-27-23-39(41-25-19-37-17-15-33-7-5-9-35-21-29-49(41)55(37)53(33)35)31-51(45)58-48-14-4-2-12-44(48)46-28-24-40(32-52(46)57(47)58)42-26-20-38-18-16-34-8-6-10-36-22-30-50(42)56(38)54(34)36/h1-32H. The molecule has 0 aliphatic heterocycles. The molecule has 14 aromatic rings. The molecule has 0 N–H and O–H groups in total. The van der Waals surface area contributed by atoms with Crippen LogP contribution >= 0.6 is 0 Å². The first kappa shape index (κ1) is 30.7. The maximum atomic E-state index is 2.49. The molecule has 0 radical (unpaired) electrons. The van der Waals surface area contributed by atoms with Crippen molar-refractivity contribution in [2.75, 3.05) is 0 Å². The van der Waals surface area contributed by atoms with Gasteiger partial charge in [0.1, 0.15) is 0 Å². The predicted molar refractivity (Wildman–Crippen MR) is 252 cm³/mol. The van der Waals surface area contributed by atoms with E-state index in [4.69, 9.17) is 0 Å². The lowest BCUT2D eigenvalue weighted by molar-refractivity contribution is 1.71. The van der Waals surface area contributed by atoms with Crippen LogP contribution in [-0.2, 0) is 0 Å². The topological polar surface area (TPSA) is 0 Å². The van der Waals surface area contributed by atoms with E-state index in [0.717, 1.165) is 0 Å². The molecule has 0 unspecified atom stereocenters. The summed E-state index contributed by atoms with van der Waals surface area (Å²) in [7, 11) is 0. The average Bonchev–Trinajstić information content (AvgIpc) is 3.29. The Bertz CT molecular complexity index is 3770. The molecular weight excluding hydrogens is 697 g/mol. The fourth-order valence-corrected chi connectivity index (χ4v) is 11.0. The Balaban J connectivity index is 1.11. The van der Waals surface area contributed by atoms with E-state index in [1.807, 2.05) is 0 Å². The number of hydrogen-bond acceptors (Lipinski definition) is 0. The van der Waals surface area contributed by atoms with Gasteiger partial charge in [-0.2, -0.15) is 0 Å². The van der Waals surface area contributed by atoms with E-state index < -0.39 is 0 Å². The van der Waals surface area contributed by atoms with E-state index in [1.54, 1.807) is 0 Å². The van der Waals surface area contributed by atoms with Gasteiger partial charge in [-0.25, -0.2) is 0 Å². The van der Waals surface area contributed by atoms with Gasteiger partial charge in [0.25, 0.3) is 0 Å². The molecule has 0 fully saturated rings. The molecule has 0 heteroatoms. The van der Waals surface area contributed by atoms with Crippen molar-refractivity contribution in [3.8, 4) is 22.3 Å². The molecule has 0 nitrogen and oxygen atoms in total. The van der Waals surface area contributed by atoms with Crippen molar-refractivity contribution in [1.29, 1.82) is 0 Å². The van der Waals surface area contributed by atoms with Crippen LogP contribution in [0.2, 0.25) is 0 Å². The third-order valence-corrected chi connectivity index (χ3v) is 13.5. The Morgan fingerprint density at radius 3 is 0.931 bits per heavy atom. The van der Waals surface area contributed by atoms with E-state index in [-0.39, 0.29) is 0 Å². The molecule has 0 bridgehead atoms. The van der Waals surface area contributed by atoms with Crippen LogP contribution < -0.4 is 0 Å². The van der Waals surface area contributed by atoms with Gasteiger partial charge < -0.3 is 0 Å². The van der Waals surface area contributed by atoms with E-state index in [1.165, 1.54) is 141 Å². The second-order valence-corrected chi connectivity index (χ2v) is 16.3. The van der Waals surface area contributed by atoms with Crippen LogP contribution in [0, 0.1) is 0 Å². The van der Waals surface area contributed by atoms with Gasteiger partial charge in [0.2, 0.25) is 0 Å². The minimum absolute atomic E-state index is 1.24. The van der Waals surface area contributed by atoms with Gasteiger partial charge in [0.15, 0.2) is 0 Å². The number of fused-ring (bicyclic) bond motifs is 11. The summed E-state index contributed by atoms with van der Waals surface area (Å²) in [5.74, 6) is 0. The molecule has 0 saturated heterocycles. The van der Waals surface area contributed by atoms with Gasteiger partial charge in [0, 0.05) is 0 Å². The molecule has 0 aliphatic carbocycles. The lowest BCUT2D eigenvalue weighted by Gasteiger charge is -2.19. The van der Waals surface area contributed by atoms with Crippen molar-refractivity contribution in [2.45, 2.75) is 0 Å². The molecule has 58 heavy (non-hydrogen) atoms. The quantitative estimate of drug-likeness (QED) is 0.156. The maximum absolute atomic E-state index is 2.49. The lowest BCUT2D eigenvalue weighted by Crippen LogP contribution is -1.91. The smallest absolute Gasteiger partial charge is 0.00137 e. The Labute approximate surface area is 333 Å². The minimum atomic E-state index is 1.24. The maximum Gasteiger partial charge on any atom is -0.00137 e. The number of hydrogen-bond donors (Lipinski definition) is 0. The molecule has 0 spiro atoms. The predicted octanol–water partition coefficient (Wildman–Crippen LogP) is 16.6. The molecule has 264 valence electrons. The molecule has 14 aromatic carbocycles. The molecule has 0 heterocycles. The van der Waals surface area contributed by atoms with Crippen molar-refractivity contribution in [2.24, 2.45) is 0 Å². The van der Waals surface area contributed by atoms with Crippen LogP contribution in [0.4, 0.5) is 0 Å². The zero-order valence-electron chi connectivity index (χ0n) is 31.5. The highest BCUT2D eigenvalue weighted by Gasteiger charge is 2.19. The summed E-state index contributed by atoms with van der Waals surface area (Å²) < 4.78 is 0. The molecule has 0 amide bonds. The summed E-state index contributed by atoms with van der Waals surface area (Å²) in [4.78, 5) is 0. The van der Waals surface area contributed by atoms with Gasteiger partial charge in [-0.15, -0.1) is 0 Å². The Morgan fingerprint density at radius 2 is 0.500 bits per heavy atom. The molecule has 14 rings (SSSR count). The van der Waals surface area contributed by atoms with Crippen molar-refractivity contribution in [1.82, 2.24) is 0 Å². The molecule has 0 aromatic heterocycles. The van der Waals surface area contributed by atoms with Crippen molar-refractivity contribution in [3.05, 3.63) is 194 Å². The molecular formula is C58H32. The Kier molecular flexibility index (Phi) is 5.85. The fourth-order valence-electron chi connectivity index (χ4n) is 11.0. The second kappa shape index (κ2) is 11.1. The summed E-state index contributed by atoms with van der Waals surface area (Å²) in [6, 6.07) is 73.5. The van der Waals surface area contributed by atoms with Crippen LogP contribution in [0.5, 0.6) is 0 Å². The Morgan fingerprint density at radius 1 is 0.172 bits per heavy atom. The van der Waals surface area contributed by atoms with Gasteiger partial charge in [-0.1, -0.05) is 182 Å². The molecule has 0 saturated carbocycles. The number of benzene rings is 14. The van der Waals surface area contributed by atoms with E-state index in [0.29, 0.717) is 0 Å². The first-order chi connectivity index (χ1) is 28.8. The van der Waals surface area contributed by atoms with Gasteiger partial charge in [-0.05, 0) is 153 Å². The normalized spacial score (nSPS) is 12.5. The van der Waals surface area contributed by atoms with Gasteiger partial charge in [-0.3, -0.25) is 0 Å². The van der Waals surface area contributed by atoms with E-state index in [9.17, 15) is 0 Å². The summed E-state index contributed by atoms with van der Waals surface area (Å²) in [5.41, 5.74) is 5.04. The van der Waals surface area contributed by atoms with Crippen LogP contribution in [-0.4, -0.2) is 0 Å². The van der Waals surface area contributed by atoms with Crippen LogP contribution in [0.25, 0.3) is 141 Å². The van der Waals surface area contributed by atoms with Crippen LogP contribution in [0.15, 0.2) is 194 Å². The second-order valence-electron chi connectivity index (χ2n) is 16.3. The first-order valence-corrected chi connectivity index (χ1v) is 20.3. The third kappa shape index (κ3) is 3.94. The monoisotopic (exact) mass is 728 g/mol. The van der Waals surface area contributed by atoms with Crippen molar-refractivity contribution >= 4 is 118 Å². The van der Waals surface area contributed by atoms with Gasteiger partial charge >= 0.3 is 0 Å². The van der Waals surface area contributed by atoms with Crippen molar-refractivity contribution < 1.29 is 0 Å². The van der Waals surface area contributed by atoms with Crippen molar-refractivity contribution in [3.63, 3.8) is 0 Å². The van der Waals surface area contributed by atoms with E-state index >= 15 is 0 Å². The largest absolute Gasteiger partial charge is 0.0616 e. The minimum Gasteiger partial charge on any atom is -0.0616 e. The summed E-state index contributed by atoms with van der Waals surface area (Å²) in [6.07, 6.45) is 0. The average molecular weight is 729 g/mol. The first-order valence-electron chi connectivity index (χ1n) is 20.3. The zero-order chi connectivity index (χ0) is 37.6. The summed E-state index contributed by atoms with van der Waals surface area (Å²) in [6.45, 7) is 0. The van der Waals surface area contributed by atoms with Gasteiger partial charge in [0.05, 0.1) is 0 Å². The summed E-state index contributed by atoms with van der Waals surface area (Å²) >= 11 is 0. The third-order valence-electron chi connectivity index (χ3n) is 13.5. The lowest BCUT2D eigenvalue weighted by atomic mass is 9.84. The highest BCUT2D eigenvalue weighted by molar-refractivity contribution is 6.40. The van der Waals surface area contributed by atoms with Crippen LogP contribution in [0.3, 0.4) is 0 Å². The zero-order valence-corrected chi connectivity index (χ0v) is 31.5. The molecule has 0 atom stereocenters. The fraction of sp³-hybridized carbons (Fsp3) is 0. The molecule has 0 aliphatic rings. The Hall–Kier alpha value is -7.54. The highest BCUT2D eigenvalue weighted by atomic mass is 14.2. The van der Waals surface area contributed by atoms with Crippen LogP contribution in [0.1, 0.15) is 0 Å². The highest BCUT2D eigenvalue weighted by Crippen LogP contribution is 2.48. The SMILES string of the molecule is c1cc2ccc3ccc(-c4ccc5c6ccccc6c6c7cc(-c8ccc9ccc%10cccc%11ccc8c9c%10%11)ccc7c7ccccc7c6c5c4)c4ccc(c1)c2c34. The van der Waals surface area contributed by atoms with E-state index in [2.05, 4.69) is 194 Å². The number of rotatable bonds is 2.